The van der Waals surface area contributed by atoms with Gasteiger partial charge in [0.05, 0.1) is 7.11 Å². The molecule has 23 heavy (non-hydrogen) atoms. The average Bonchev–Trinajstić information content (AvgIpc) is 2.90. The number of ether oxygens (including phenoxy) is 1. The van der Waals surface area contributed by atoms with E-state index >= 15 is 0 Å². The smallest absolute Gasteiger partial charge is 0.189 e. The van der Waals surface area contributed by atoms with Crippen molar-refractivity contribution in [1.82, 2.24) is 0 Å². The summed E-state index contributed by atoms with van der Waals surface area (Å²) < 4.78 is 5.25. The fourth-order valence-corrected chi connectivity index (χ4v) is 3.13. The fraction of sp³-hybridized carbons (Fsp3) is 0.0952. The molecule has 0 radical (unpaired) electrons. The molecule has 2 heteroatoms. The second kappa shape index (κ2) is 5.40. The van der Waals surface area contributed by atoms with Crippen LogP contribution in [-0.4, -0.2) is 12.9 Å². The number of methoxy groups -OCH3 is 1. The van der Waals surface area contributed by atoms with Crippen molar-refractivity contribution in [3.05, 3.63) is 82.9 Å². The van der Waals surface area contributed by atoms with Gasteiger partial charge in [-0.15, -0.1) is 0 Å². The summed E-state index contributed by atoms with van der Waals surface area (Å²) in [5, 5.41) is 2.27. The topological polar surface area (TPSA) is 26.3 Å². The Kier molecular flexibility index (Phi) is 3.23. The monoisotopic (exact) mass is 300 g/mol. The largest absolute Gasteiger partial charge is 0.497 e. The number of benzene rings is 3. The van der Waals surface area contributed by atoms with Crippen molar-refractivity contribution in [2.45, 2.75) is 6.42 Å². The van der Waals surface area contributed by atoms with Gasteiger partial charge in [0.2, 0.25) is 0 Å². The van der Waals surface area contributed by atoms with Crippen molar-refractivity contribution >= 4 is 22.6 Å². The van der Waals surface area contributed by atoms with Crippen molar-refractivity contribution < 1.29 is 9.53 Å². The molecule has 0 spiro atoms. The highest BCUT2D eigenvalue weighted by atomic mass is 16.5. The summed E-state index contributed by atoms with van der Waals surface area (Å²) >= 11 is 0. The lowest BCUT2D eigenvalue weighted by atomic mass is 10.0. The Morgan fingerprint density at radius 2 is 1.74 bits per heavy atom. The van der Waals surface area contributed by atoms with Gasteiger partial charge in [0.15, 0.2) is 5.78 Å². The number of hydrogen-bond acceptors (Lipinski definition) is 2. The third-order valence-corrected chi connectivity index (χ3v) is 4.35. The molecule has 0 saturated heterocycles. The van der Waals surface area contributed by atoms with Crippen LogP contribution in [0.3, 0.4) is 0 Å². The van der Waals surface area contributed by atoms with E-state index in [0.29, 0.717) is 0 Å². The van der Waals surface area contributed by atoms with Gasteiger partial charge in [-0.1, -0.05) is 42.5 Å². The summed E-state index contributed by atoms with van der Waals surface area (Å²) in [6.45, 7) is 0. The molecule has 1 aliphatic carbocycles. The number of Topliss-reactive ketones (excluding diaryl/α,β-unsaturated/α-hetero) is 1. The molecule has 0 aliphatic heterocycles. The minimum Gasteiger partial charge on any atom is -0.497 e. The van der Waals surface area contributed by atoms with Crippen molar-refractivity contribution in [3.63, 3.8) is 0 Å². The summed E-state index contributed by atoms with van der Waals surface area (Å²) in [5.74, 6) is 1.00. The van der Waals surface area contributed by atoms with E-state index in [-0.39, 0.29) is 5.78 Å². The third-order valence-electron chi connectivity index (χ3n) is 4.35. The molecule has 0 N–H and O–H groups in total. The maximum Gasteiger partial charge on any atom is 0.189 e. The lowest BCUT2D eigenvalue weighted by Gasteiger charge is -2.04. The first kappa shape index (κ1) is 13.8. The number of carbonyl (C=O) groups is 1. The fourth-order valence-electron chi connectivity index (χ4n) is 3.13. The molecular weight excluding hydrogens is 284 g/mol. The second-order valence-corrected chi connectivity index (χ2v) is 5.81. The molecule has 0 atom stereocenters. The lowest BCUT2D eigenvalue weighted by molar-refractivity contribution is 0.104. The van der Waals surface area contributed by atoms with Crippen LogP contribution in [0.5, 0.6) is 5.75 Å². The minimum absolute atomic E-state index is 0.149. The molecule has 1 aliphatic rings. The van der Waals surface area contributed by atoms with Gasteiger partial charge in [0, 0.05) is 17.6 Å². The van der Waals surface area contributed by atoms with Gasteiger partial charge < -0.3 is 4.74 Å². The van der Waals surface area contributed by atoms with Crippen molar-refractivity contribution in [2.24, 2.45) is 0 Å². The molecule has 4 rings (SSSR count). The number of hydrogen-bond donors (Lipinski definition) is 0. The Bertz CT molecular complexity index is 951. The zero-order chi connectivity index (χ0) is 15.8. The van der Waals surface area contributed by atoms with E-state index in [9.17, 15) is 4.79 Å². The first-order chi connectivity index (χ1) is 11.2. The van der Waals surface area contributed by atoms with Gasteiger partial charge in [-0.25, -0.2) is 0 Å². The molecule has 0 fully saturated rings. The first-order valence-electron chi connectivity index (χ1n) is 7.65. The Balaban J connectivity index is 1.72. The highest BCUT2D eigenvalue weighted by Crippen LogP contribution is 2.28. The van der Waals surface area contributed by atoms with Crippen molar-refractivity contribution in [3.8, 4) is 5.75 Å². The number of ketones is 1. The molecule has 0 heterocycles. The zero-order valence-corrected chi connectivity index (χ0v) is 12.9. The number of allylic oxidation sites excluding steroid dienone is 1. The summed E-state index contributed by atoms with van der Waals surface area (Å²) in [6.07, 6.45) is 2.72. The Hall–Kier alpha value is -2.87. The van der Waals surface area contributed by atoms with Crippen molar-refractivity contribution in [1.29, 1.82) is 0 Å². The summed E-state index contributed by atoms with van der Waals surface area (Å²) in [6, 6.07) is 20.1. The average molecular weight is 300 g/mol. The van der Waals surface area contributed by atoms with Crippen LogP contribution in [-0.2, 0) is 6.42 Å². The Labute approximate surface area is 135 Å². The maximum absolute atomic E-state index is 12.5. The molecule has 3 aromatic carbocycles. The van der Waals surface area contributed by atoms with Gasteiger partial charge in [-0.3, -0.25) is 4.79 Å². The quantitative estimate of drug-likeness (QED) is 0.643. The van der Waals surface area contributed by atoms with Crippen LogP contribution in [0.1, 0.15) is 21.5 Å². The number of carbonyl (C=O) groups excluding carboxylic acids is 1. The van der Waals surface area contributed by atoms with E-state index < -0.39 is 0 Å². The highest BCUT2D eigenvalue weighted by Gasteiger charge is 2.23. The van der Waals surface area contributed by atoms with E-state index in [1.165, 1.54) is 0 Å². The van der Waals surface area contributed by atoms with Crippen LogP contribution in [0.15, 0.2) is 66.2 Å². The third kappa shape index (κ3) is 2.42. The van der Waals surface area contributed by atoms with E-state index in [0.717, 1.165) is 45.2 Å². The molecule has 0 aromatic heterocycles. The van der Waals surface area contributed by atoms with E-state index in [1.807, 2.05) is 54.6 Å². The van der Waals surface area contributed by atoms with Gasteiger partial charge in [-0.2, -0.15) is 0 Å². The minimum atomic E-state index is 0.149. The van der Waals surface area contributed by atoms with Gasteiger partial charge in [0.25, 0.3) is 0 Å². The summed E-state index contributed by atoms with van der Waals surface area (Å²) in [4.78, 5) is 12.5. The molecule has 0 unspecified atom stereocenters. The predicted molar refractivity (Wildman–Crippen MR) is 93.0 cm³/mol. The standard InChI is InChI=1S/C21H16O2/c1-23-19-9-8-15-10-14(6-7-16(15)13-19)11-18-12-17-4-2-3-5-20(17)21(18)22/h2-11,13H,12H2,1H3/b18-11-. The Morgan fingerprint density at radius 1 is 0.957 bits per heavy atom. The van der Waals surface area contributed by atoms with Gasteiger partial charge in [-0.05, 0) is 46.2 Å². The molecule has 2 nitrogen and oxygen atoms in total. The molecule has 0 bridgehead atoms. The maximum atomic E-state index is 12.5. The SMILES string of the molecule is COc1ccc2cc(/C=C3/Cc4ccccc4C3=O)ccc2c1. The number of fused-ring (bicyclic) bond motifs is 2. The van der Waals surface area contributed by atoms with Gasteiger partial charge >= 0.3 is 0 Å². The molecule has 0 saturated carbocycles. The van der Waals surface area contributed by atoms with E-state index in [1.54, 1.807) is 7.11 Å². The van der Waals surface area contributed by atoms with Crippen LogP contribution in [0, 0.1) is 0 Å². The molecule has 112 valence electrons. The Morgan fingerprint density at radius 3 is 2.57 bits per heavy atom. The first-order valence-corrected chi connectivity index (χ1v) is 7.65. The van der Waals surface area contributed by atoms with Crippen LogP contribution in [0.25, 0.3) is 16.8 Å². The van der Waals surface area contributed by atoms with E-state index in [2.05, 4.69) is 12.1 Å². The molecule has 3 aromatic rings. The highest BCUT2D eigenvalue weighted by molar-refractivity contribution is 6.15. The normalized spacial score (nSPS) is 15.2. The lowest BCUT2D eigenvalue weighted by Crippen LogP contribution is -1.94. The van der Waals surface area contributed by atoms with Crippen molar-refractivity contribution in [2.75, 3.05) is 7.11 Å². The van der Waals surface area contributed by atoms with Gasteiger partial charge in [0.1, 0.15) is 5.75 Å². The second-order valence-electron chi connectivity index (χ2n) is 5.81. The van der Waals surface area contributed by atoms with E-state index in [4.69, 9.17) is 4.74 Å². The zero-order valence-electron chi connectivity index (χ0n) is 12.9. The predicted octanol–water partition coefficient (Wildman–Crippen LogP) is 4.67. The van der Waals surface area contributed by atoms with Crippen LogP contribution in [0.2, 0.25) is 0 Å². The van der Waals surface area contributed by atoms with Crippen LogP contribution < -0.4 is 4.74 Å². The summed E-state index contributed by atoms with van der Waals surface area (Å²) in [7, 11) is 1.67. The summed E-state index contributed by atoms with van der Waals surface area (Å²) in [5.41, 5.74) is 3.87. The number of rotatable bonds is 2. The molecule has 0 amide bonds. The van der Waals surface area contributed by atoms with Crippen LogP contribution in [0.4, 0.5) is 0 Å². The van der Waals surface area contributed by atoms with Crippen LogP contribution >= 0.6 is 0 Å². The molecular formula is C21H16O2.